The van der Waals surface area contributed by atoms with Crippen LogP contribution in [0.5, 0.6) is 0 Å². The van der Waals surface area contributed by atoms with Gasteiger partial charge in [0.05, 0.1) is 13.2 Å². The van der Waals surface area contributed by atoms with E-state index in [1.807, 2.05) is 18.2 Å². The lowest BCUT2D eigenvalue weighted by Crippen LogP contribution is -2.36. The first kappa shape index (κ1) is 14.0. The summed E-state index contributed by atoms with van der Waals surface area (Å²) in [4.78, 5) is 16.7. The van der Waals surface area contributed by atoms with Crippen molar-refractivity contribution < 1.29 is 15.0 Å². The molecule has 0 radical (unpaired) electrons. The fourth-order valence-corrected chi connectivity index (χ4v) is 2.44. The first-order chi connectivity index (χ1) is 9.17. The zero-order chi connectivity index (χ0) is 13.8. The van der Waals surface area contributed by atoms with Gasteiger partial charge in [-0.3, -0.25) is 4.79 Å². The maximum Gasteiger partial charge on any atom is 0.270 e. The minimum atomic E-state index is -0.230. The zero-order valence-corrected chi connectivity index (χ0v) is 11.9. The van der Waals surface area contributed by atoms with Crippen LogP contribution in [-0.2, 0) is 0 Å². The van der Waals surface area contributed by atoms with Gasteiger partial charge >= 0.3 is 0 Å². The fourth-order valence-electron chi connectivity index (χ4n) is 1.96. The molecule has 0 aliphatic carbocycles. The highest BCUT2D eigenvalue weighted by atomic mass is 79.9. The quantitative estimate of drug-likeness (QED) is 0.776. The van der Waals surface area contributed by atoms with Crippen molar-refractivity contribution in [2.24, 2.45) is 0 Å². The molecule has 0 saturated heterocycles. The summed E-state index contributed by atoms with van der Waals surface area (Å²) in [5, 5.41) is 18.8. The van der Waals surface area contributed by atoms with E-state index >= 15 is 0 Å². The third-order valence-electron chi connectivity index (χ3n) is 2.87. The van der Waals surface area contributed by atoms with E-state index in [4.69, 9.17) is 10.2 Å². The number of nitrogens with one attached hydrogen (secondary N) is 1. The minimum Gasteiger partial charge on any atom is -0.395 e. The summed E-state index contributed by atoms with van der Waals surface area (Å²) in [5.74, 6) is -0.230. The lowest BCUT2D eigenvalue weighted by atomic mass is 10.2. The number of amides is 1. The smallest absolute Gasteiger partial charge is 0.270 e. The molecule has 0 atom stereocenters. The van der Waals surface area contributed by atoms with Crippen molar-refractivity contribution in [3.63, 3.8) is 0 Å². The predicted molar refractivity (Wildman–Crippen MR) is 76.1 cm³/mol. The van der Waals surface area contributed by atoms with Crippen LogP contribution in [0.25, 0.3) is 10.9 Å². The Morgan fingerprint density at radius 1 is 1.26 bits per heavy atom. The number of carbonyl (C=O) groups excluding carboxylic acids is 1. The van der Waals surface area contributed by atoms with E-state index < -0.39 is 0 Å². The summed E-state index contributed by atoms with van der Waals surface area (Å²) in [5.41, 5.74) is 1.31. The molecule has 102 valence electrons. The van der Waals surface area contributed by atoms with E-state index in [-0.39, 0.29) is 32.2 Å². The largest absolute Gasteiger partial charge is 0.395 e. The van der Waals surface area contributed by atoms with Crippen molar-refractivity contribution in [3.05, 3.63) is 34.4 Å². The van der Waals surface area contributed by atoms with Gasteiger partial charge in [-0.2, -0.15) is 0 Å². The van der Waals surface area contributed by atoms with Gasteiger partial charge in [-0.15, -0.1) is 0 Å². The Morgan fingerprint density at radius 2 is 1.95 bits per heavy atom. The van der Waals surface area contributed by atoms with Crippen molar-refractivity contribution in [1.82, 2.24) is 9.88 Å². The van der Waals surface area contributed by atoms with E-state index in [9.17, 15) is 4.79 Å². The second-order valence-electron chi connectivity index (χ2n) is 4.12. The normalized spacial score (nSPS) is 10.9. The average Bonchev–Trinajstić information content (AvgIpc) is 2.83. The van der Waals surface area contributed by atoms with Gasteiger partial charge in [0.25, 0.3) is 5.91 Å². The molecule has 0 bridgehead atoms. The van der Waals surface area contributed by atoms with E-state index in [2.05, 4.69) is 20.9 Å². The van der Waals surface area contributed by atoms with Crippen molar-refractivity contribution >= 4 is 32.7 Å². The Bertz CT molecular complexity index is 576. The molecule has 5 nitrogen and oxygen atoms in total. The number of hydrogen-bond acceptors (Lipinski definition) is 3. The van der Waals surface area contributed by atoms with Crippen LogP contribution in [-0.4, -0.2) is 52.3 Å². The predicted octanol–water partition coefficient (Wildman–Crippen LogP) is 1.36. The molecule has 2 rings (SSSR count). The van der Waals surface area contributed by atoms with Gasteiger partial charge in [0.15, 0.2) is 0 Å². The number of aliphatic hydroxyl groups excluding tert-OH is 2. The van der Waals surface area contributed by atoms with Crippen LogP contribution in [0, 0.1) is 0 Å². The van der Waals surface area contributed by atoms with Gasteiger partial charge in [-0.1, -0.05) is 22.0 Å². The molecule has 2 aromatic rings. The molecule has 1 aromatic heterocycles. The highest BCUT2D eigenvalue weighted by molar-refractivity contribution is 9.10. The number of rotatable bonds is 5. The molecule has 0 aliphatic rings. The summed E-state index contributed by atoms with van der Waals surface area (Å²) >= 11 is 3.43. The molecule has 1 aromatic carbocycles. The third kappa shape index (κ3) is 2.97. The molecule has 1 heterocycles. The number of aromatic nitrogens is 1. The summed E-state index contributed by atoms with van der Waals surface area (Å²) in [6.45, 7) is 0.150. The Kier molecular flexibility index (Phi) is 4.57. The first-order valence-corrected chi connectivity index (χ1v) is 6.75. The van der Waals surface area contributed by atoms with Crippen molar-refractivity contribution in [2.75, 3.05) is 26.3 Å². The van der Waals surface area contributed by atoms with Crippen LogP contribution in [0.15, 0.2) is 28.7 Å². The van der Waals surface area contributed by atoms with Crippen LogP contribution in [0.4, 0.5) is 0 Å². The first-order valence-electron chi connectivity index (χ1n) is 5.95. The second kappa shape index (κ2) is 6.18. The van der Waals surface area contributed by atoms with E-state index in [0.29, 0.717) is 5.69 Å². The molecular formula is C13H15BrN2O3. The molecule has 3 N–H and O–H groups in total. The van der Waals surface area contributed by atoms with E-state index in [1.54, 1.807) is 6.07 Å². The van der Waals surface area contributed by atoms with Gasteiger partial charge in [-0.05, 0) is 18.2 Å². The lowest BCUT2D eigenvalue weighted by Gasteiger charge is -2.19. The molecule has 0 aliphatic heterocycles. The van der Waals surface area contributed by atoms with Gasteiger partial charge in [0.2, 0.25) is 0 Å². The maximum atomic E-state index is 12.3. The molecular weight excluding hydrogens is 312 g/mol. The minimum absolute atomic E-state index is 0.129. The van der Waals surface area contributed by atoms with E-state index in [1.165, 1.54) is 4.90 Å². The van der Waals surface area contributed by atoms with Crippen molar-refractivity contribution in [2.45, 2.75) is 0 Å². The van der Waals surface area contributed by atoms with Crippen LogP contribution in [0.3, 0.4) is 0 Å². The average molecular weight is 327 g/mol. The molecule has 0 unspecified atom stereocenters. The Morgan fingerprint density at radius 3 is 2.53 bits per heavy atom. The van der Waals surface area contributed by atoms with Crippen molar-refractivity contribution in [3.8, 4) is 0 Å². The van der Waals surface area contributed by atoms with Crippen LogP contribution in [0.2, 0.25) is 0 Å². The van der Waals surface area contributed by atoms with Gasteiger partial charge in [0.1, 0.15) is 5.69 Å². The number of aromatic amines is 1. The third-order valence-corrected chi connectivity index (χ3v) is 3.56. The summed E-state index contributed by atoms with van der Waals surface area (Å²) in [6.07, 6.45) is 0. The SMILES string of the molecule is O=C(c1cc2c(Br)cccc2[nH]1)N(CCO)CCO. The Hall–Kier alpha value is -1.37. The highest BCUT2D eigenvalue weighted by Gasteiger charge is 2.17. The van der Waals surface area contributed by atoms with Gasteiger partial charge < -0.3 is 20.1 Å². The topological polar surface area (TPSA) is 76.6 Å². The number of carbonyl (C=O) groups is 1. The Labute approximate surface area is 119 Å². The number of nitrogens with zero attached hydrogens (tertiary/aromatic N) is 1. The lowest BCUT2D eigenvalue weighted by molar-refractivity contribution is 0.0680. The Balaban J connectivity index is 2.32. The van der Waals surface area contributed by atoms with Crippen LogP contribution >= 0.6 is 15.9 Å². The maximum absolute atomic E-state index is 12.3. The van der Waals surface area contributed by atoms with Gasteiger partial charge in [0, 0.05) is 28.5 Å². The molecule has 1 amide bonds. The summed E-state index contributed by atoms with van der Waals surface area (Å²) < 4.78 is 0.913. The molecule has 0 spiro atoms. The molecule has 19 heavy (non-hydrogen) atoms. The summed E-state index contributed by atoms with van der Waals surface area (Å²) in [6, 6.07) is 7.45. The fraction of sp³-hybridized carbons (Fsp3) is 0.308. The number of benzene rings is 1. The monoisotopic (exact) mass is 326 g/mol. The number of aliphatic hydroxyl groups is 2. The van der Waals surface area contributed by atoms with Crippen molar-refractivity contribution in [1.29, 1.82) is 0 Å². The highest BCUT2D eigenvalue weighted by Crippen LogP contribution is 2.24. The number of hydrogen-bond donors (Lipinski definition) is 3. The molecule has 0 fully saturated rings. The number of H-pyrrole nitrogens is 1. The van der Waals surface area contributed by atoms with Crippen LogP contribution in [0.1, 0.15) is 10.5 Å². The zero-order valence-electron chi connectivity index (χ0n) is 10.3. The molecule has 0 saturated carbocycles. The number of fused-ring (bicyclic) bond motifs is 1. The second-order valence-corrected chi connectivity index (χ2v) is 4.98. The standard InChI is InChI=1S/C13H15BrN2O3/c14-10-2-1-3-11-9(10)8-12(15-11)13(19)16(4-6-17)5-7-18/h1-3,8,15,17-18H,4-7H2. The van der Waals surface area contributed by atoms with Crippen LogP contribution < -0.4 is 0 Å². The summed E-state index contributed by atoms with van der Waals surface area (Å²) in [7, 11) is 0. The number of halogens is 1. The van der Waals surface area contributed by atoms with E-state index in [0.717, 1.165) is 15.4 Å². The van der Waals surface area contributed by atoms with Gasteiger partial charge in [-0.25, -0.2) is 0 Å². The molecule has 6 heteroatoms.